The van der Waals surface area contributed by atoms with E-state index in [0.29, 0.717) is 28.0 Å². The van der Waals surface area contributed by atoms with E-state index in [1.807, 2.05) is 73.7 Å². The Hall–Kier alpha value is -4.91. The van der Waals surface area contributed by atoms with Crippen LogP contribution in [0.2, 0.25) is 0 Å². The molecule has 0 bridgehead atoms. The summed E-state index contributed by atoms with van der Waals surface area (Å²) in [5, 5.41) is 3.51. The van der Waals surface area contributed by atoms with Crippen molar-refractivity contribution in [2.75, 3.05) is 17.3 Å². The molecule has 1 N–H and O–H groups in total. The van der Waals surface area contributed by atoms with Crippen molar-refractivity contribution in [1.82, 2.24) is 4.90 Å². The van der Waals surface area contributed by atoms with Crippen molar-refractivity contribution in [3.05, 3.63) is 124 Å². The maximum Gasteiger partial charge on any atom is 0.262 e. The smallest absolute Gasteiger partial charge is 0.262 e. The number of imide groups is 1. The van der Waals surface area contributed by atoms with Gasteiger partial charge < -0.3 is 10.1 Å². The van der Waals surface area contributed by atoms with Crippen LogP contribution in [0.4, 0.5) is 11.4 Å². The highest BCUT2D eigenvalue weighted by molar-refractivity contribution is 6.21. The lowest BCUT2D eigenvalue weighted by molar-refractivity contribution is 0.0641. The monoisotopic (exact) mass is 503 g/mol. The molecule has 6 rings (SSSR count). The van der Waals surface area contributed by atoms with Crippen LogP contribution in [0, 0.1) is 6.92 Å². The summed E-state index contributed by atoms with van der Waals surface area (Å²) in [6.45, 7) is 2.05. The van der Waals surface area contributed by atoms with Crippen LogP contribution in [0.25, 0.3) is 0 Å². The fourth-order valence-electron chi connectivity index (χ4n) is 5.10. The molecule has 0 saturated carbocycles. The number of hydrogen-bond donors (Lipinski definition) is 1. The third kappa shape index (κ3) is 3.80. The van der Waals surface area contributed by atoms with Crippen LogP contribution in [-0.2, 0) is 6.54 Å². The van der Waals surface area contributed by atoms with Gasteiger partial charge in [0, 0.05) is 16.9 Å². The minimum absolute atomic E-state index is 0.0468. The van der Waals surface area contributed by atoms with Crippen LogP contribution < -0.4 is 15.0 Å². The minimum Gasteiger partial charge on any atom is -0.496 e. The molecule has 38 heavy (non-hydrogen) atoms. The summed E-state index contributed by atoms with van der Waals surface area (Å²) >= 11 is 0. The SMILES string of the molecule is COc1ccc(C2Nc3ccccc3C(=O)N2c2ccc(C)cc2)cc1CN1C(=O)c2ccccc2C1=O. The van der Waals surface area contributed by atoms with Crippen LogP contribution in [-0.4, -0.2) is 29.7 Å². The maximum absolute atomic E-state index is 13.7. The summed E-state index contributed by atoms with van der Waals surface area (Å²) < 4.78 is 5.60. The van der Waals surface area contributed by atoms with Gasteiger partial charge in [0.15, 0.2) is 0 Å². The zero-order valence-electron chi connectivity index (χ0n) is 21.0. The first-order valence-electron chi connectivity index (χ1n) is 12.3. The van der Waals surface area contributed by atoms with Crippen molar-refractivity contribution in [2.24, 2.45) is 0 Å². The number of fused-ring (bicyclic) bond motifs is 2. The zero-order valence-corrected chi connectivity index (χ0v) is 21.0. The van der Waals surface area contributed by atoms with Gasteiger partial charge in [-0.25, -0.2) is 0 Å². The summed E-state index contributed by atoms with van der Waals surface area (Å²) in [5.41, 5.74) is 5.43. The van der Waals surface area contributed by atoms with Gasteiger partial charge in [-0.05, 0) is 61.0 Å². The fourth-order valence-corrected chi connectivity index (χ4v) is 5.10. The summed E-state index contributed by atoms with van der Waals surface area (Å²) in [6.07, 6.45) is -0.521. The molecule has 1 unspecified atom stereocenters. The van der Waals surface area contributed by atoms with E-state index in [4.69, 9.17) is 4.74 Å². The first-order valence-corrected chi connectivity index (χ1v) is 12.3. The van der Waals surface area contributed by atoms with E-state index in [0.717, 1.165) is 22.5 Å². The second kappa shape index (κ2) is 9.19. The summed E-state index contributed by atoms with van der Waals surface area (Å²) in [4.78, 5) is 42.8. The number of rotatable bonds is 5. The Balaban J connectivity index is 1.41. The van der Waals surface area contributed by atoms with Gasteiger partial charge in [-0.1, -0.05) is 48.0 Å². The molecule has 7 heteroatoms. The number of benzene rings is 4. The Morgan fingerprint density at radius 2 is 1.39 bits per heavy atom. The Kier molecular flexibility index (Phi) is 5.68. The van der Waals surface area contributed by atoms with Crippen LogP contribution in [0.3, 0.4) is 0 Å². The number of carbonyl (C=O) groups is 3. The van der Waals surface area contributed by atoms with Crippen molar-refractivity contribution in [3.8, 4) is 5.75 Å². The molecule has 2 aliphatic heterocycles. The largest absolute Gasteiger partial charge is 0.496 e. The molecular weight excluding hydrogens is 478 g/mol. The van der Waals surface area contributed by atoms with E-state index in [1.54, 1.807) is 36.3 Å². The lowest BCUT2D eigenvalue weighted by Gasteiger charge is -2.38. The maximum atomic E-state index is 13.7. The second-order valence-corrected chi connectivity index (χ2v) is 9.42. The topological polar surface area (TPSA) is 79.0 Å². The van der Waals surface area contributed by atoms with Gasteiger partial charge in [0.25, 0.3) is 17.7 Å². The highest BCUT2D eigenvalue weighted by Gasteiger charge is 2.37. The molecule has 4 aromatic rings. The molecule has 3 amide bonds. The quantitative estimate of drug-likeness (QED) is 0.360. The van der Waals surface area contributed by atoms with Gasteiger partial charge >= 0.3 is 0 Å². The van der Waals surface area contributed by atoms with Crippen molar-refractivity contribution in [2.45, 2.75) is 19.6 Å². The Labute approximate surface area is 220 Å². The van der Waals surface area contributed by atoms with E-state index in [1.165, 1.54) is 4.90 Å². The third-order valence-electron chi connectivity index (χ3n) is 7.07. The Morgan fingerprint density at radius 1 is 0.763 bits per heavy atom. The summed E-state index contributed by atoms with van der Waals surface area (Å²) in [5.74, 6) is -0.237. The number of carbonyl (C=O) groups excluding carboxylic acids is 3. The molecule has 0 saturated heterocycles. The predicted octanol–water partition coefficient (Wildman–Crippen LogP) is 5.57. The Morgan fingerprint density at radius 3 is 2.05 bits per heavy atom. The number of anilines is 2. The molecule has 0 aromatic heterocycles. The third-order valence-corrected chi connectivity index (χ3v) is 7.07. The lowest BCUT2D eigenvalue weighted by atomic mass is 10.00. The predicted molar refractivity (Wildman–Crippen MR) is 144 cm³/mol. The second-order valence-electron chi connectivity index (χ2n) is 9.42. The van der Waals surface area contributed by atoms with E-state index in [2.05, 4.69) is 5.32 Å². The fraction of sp³-hybridized carbons (Fsp3) is 0.129. The highest BCUT2D eigenvalue weighted by Crippen LogP contribution is 2.38. The molecule has 2 heterocycles. The summed E-state index contributed by atoms with van der Waals surface area (Å²) in [6, 6.07) is 27.7. The molecule has 0 aliphatic carbocycles. The van der Waals surface area contributed by atoms with E-state index >= 15 is 0 Å². The highest BCUT2D eigenvalue weighted by atomic mass is 16.5. The van der Waals surface area contributed by atoms with E-state index < -0.39 is 6.17 Å². The molecule has 0 spiro atoms. The van der Waals surface area contributed by atoms with Crippen LogP contribution in [0.1, 0.15) is 53.9 Å². The van der Waals surface area contributed by atoms with Crippen molar-refractivity contribution in [1.29, 1.82) is 0 Å². The number of nitrogens with zero attached hydrogens (tertiary/aromatic N) is 2. The first kappa shape index (κ1) is 23.5. The number of aryl methyl sites for hydroxylation is 1. The van der Waals surface area contributed by atoms with Crippen molar-refractivity contribution in [3.63, 3.8) is 0 Å². The van der Waals surface area contributed by atoms with Gasteiger partial charge in [-0.3, -0.25) is 24.2 Å². The van der Waals surface area contributed by atoms with Crippen molar-refractivity contribution < 1.29 is 19.1 Å². The number of methoxy groups -OCH3 is 1. The van der Waals surface area contributed by atoms with E-state index in [9.17, 15) is 14.4 Å². The average Bonchev–Trinajstić information content (AvgIpc) is 3.18. The molecule has 188 valence electrons. The van der Waals surface area contributed by atoms with E-state index in [-0.39, 0.29) is 24.3 Å². The average molecular weight is 504 g/mol. The molecule has 4 aromatic carbocycles. The standard InChI is InChI=1S/C31H25N3O4/c1-19-11-14-22(15-12-19)34-28(32-26-10-6-5-9-25(26)31(34)37)20-13-16-27(38-2)21(17-20)18-33-29(35)23-7-3-4-8-24(23)30(33)36/h3-17,28,32H,18H2,1-2H3. The van der Waals surface area contributed by atoms with Gasteiger partial charge in [-0.15, -0.1) is 0 Å². The normalized spacial score (nSPS) is 16.3. The van der Waals surface area contributed by atoms with Gasteiger partial charge in [0.1, 0.15) is 11.9 Å². The number of ether oxygens (including phenoxy) is 1. The van der Waals surface area contributed by atoms with Gasteiger partial charge in [0.2, 0.25) is 0 Å². The van der Waals surface area contributed by atoms with Crippen molar-refractivity contribution >= 4 is 29.1 Å². The van der Waals surface area contributed by atoms with Crippen LogP contribution in [0.5, 0.6) is 5.75 Å². The molecular formula is C31H25N3O4. The zero-order chi connectivity index (χ0) is 26.4. The van der Waals surface area contributed by atoms with Gasteiger partial charge in [-0.2, -0.15) is 0 Å². The van der Waals surface area contributed by atoms with Crippen LogP contribution >= 0.6 is 0 Å². The van der Waals surface area contributed by atoms with Gasteiger partial charge in [0.05, 0.1) is 30.3 Å². The number of nitrogens with one attached hydrogen (secondary N) is 1. The number of amides is 3. The lowest BCUT2D eigenvalue weighted by Crippen LogP contribution is -2.43. The minimum atomic E-state index is -0.521. The summed E-state index contributed by atoms with van der Waals surface area (Å²) in [7, 11) is 1.55. The molecule has 7 nitrogen and oxygen atoms in total. The molecule has 2 aliphatic rings. The molecule has 0 radical (unpaired) electrons. The number of para-hydroxylation sites is 1. The van der Waals surface area contributed by atoms with Crippen LogP contribution in [0.15, 0.2) is 91.0 Å². The molecule has 0 fully saturated rings. The number of hydrogen-bond acceptors (Lipinski definition) is 5. The molecule has 1 atom stereocenters. The Bertz CT molecular complexity index is 1560. The first-order chi connectivity index (χ1) is 18.5.